The molecule has 0 spiro atoms. The van der Waals surface area contributed by atoms with Gasteiger partial charge in [-0.05, 0) is 35.8 Å². The molecule has 0 aliphatic carbocycles. The van der Waals surface area contributed by atoms with Gasteiger partial charge in [0.15, 0.2) is 5.11 Å². The second-order valence-corrected chi connectivity index (χ2v) is 5.53. The normalized spacial score (nSPS) is 10.8. The fraction of sp³-hybridized carbons (Fsp3) is 0.500. The minimum Gasteiger partial charge on any atom is -0.357 e. The topological polar surface area (TPSA) is 28.5 Å². The van der Waals surface area contributed by atoms with Crippen molar-refractivity contribution < 1.29 is 4.90 Å². The molecular formula is C14H24N3S+. The molecule has 1 aromatic rings. The van der Waals surface area contributed by atoms with Gasteiger partial charge < -0.3 is 15.5 Å². The highest BCUT2D eigenvalue weighted by Crippen LogP contribution is 2.18. The monoisotopic (exact) mass is 266 g/mol. The zero-order valence-corrected chi connectivity index (χ0v) is 12.5. The van der Waals surface area contributed by atoms with Crippen LogP contribution in [0.3, 0.4) is 0 Å². The van der Waals surface area contributed by atoms with Gasteiger partial charge in [-0.15, -0.1) is 0 Å². The summed E-state index contributed by atoms with van der Waals surface area (Å²) in [6.45, 7) is 6.32. The van der Waals surface area contributed by atoms with Crippen LogP contribution in [0.2, 0.25) is 0 Å². The number of quaternary nitrogens is 1. The minimum absolute atomic E-state index is 0.533. The number of hydrogen-bond acceptors (Lipinski definition) is 1. The zero-order chi connectivity index (χ0) is 13.5. The predicted molar refractivity (Wildman–Crippen MR) is 82.4 cm³/mol. The summed E-state index contributed by atoms with van der Waals surface area (Å²) in [7, 11) is 4.26. The lowest BCUT2D eigenvalue weighted by Crippen LogP contribution is -3.06. The molecule has 18 heavy (non-hydrogen) atoms. The fourth-order valence-corrected chi connectivity index (χ4v) is 1.80. The molecule has 0 saturated carbocycles. The number of nitrogens with one attached hydrogen (secondary N) is 3. The van der Waals surface area contributed by atoms with Gasteiger partial charge in [-0.3, -0.25) is 0 Å². The lowest BCUT2D eigenvalue weighted by molar-refractivity contribution is -0.856. The smallest absolute Gasteiger partial charge is 0.170 e. The van der Waals surface area contributed by atoms with E-state index in [2.05, 4.69) is 56.8 Å². The molecule has 0 atom stereocenters. The Bertz CT molecular complexity index is 388. The molecule has 0 fully saturated rings. The van der Waals surface area contributed by atoms with Crippen molar-refractivity contribution in [1.82, 2.24) is 5.32 Å². The van der Waals surface area contributed by atoms with Gasteiger partial charge in [0.25, 0.3) is 0 Å². The summed E-state index contributed by atoms with van der Waals surface area (Å²) in [6, 6.07) is 8.39. The van der Waals surface area contributed by atoms with Crippen LogP contribution < -0.4 is 15.5 Å². The van der Waals surface area contributed by atoms with E-state index in [4.69, 9.17) is 12.2 Å². The first-order valence-corrected chi connectivity index (χ1v) is 6.83. The molecule has 0 saturated heterocycles. The summed E-state index contributed by atoms with van der Waals surface area (Å²) in [5.74, 6) is 0.533. The molecular weight excluding hydrogens is 242 g/mol. The zero-order valence-electron chi connectivity index (χ0n) is 11.7. The van der Waals surface area contributed by atoms with E-state index in [1.807, 2.05) is 6.07 Å². The van der Waals surface area contributed by atoms with Crippen molar-refractivity contribution in [1.29, 1.82) is 0 Å². The van der Waals surface area contributed by atoms with Crippen molar-refractivity contribution in [2.75, 3.05) is 32.5 Å². The number of anilines is 1. The molecule has 3 nitrogen and oxygen atoms in total. The van der Waals surface area contributed by atoms with Crippen LogP contribution in [0, 0.1) is 0 Å². The third-order valence-electron chi connectivity index (χ3n) is 2.72. The molecule has 0 amide bonds. The van der Waals surface area contributed by atoms with Crippen LogP contribution in [0.25, 0.3) is 0 Å². The summed E-state index contributed by atoms with van der Waals surface area (Å²) in [5.41, 5.74) is 2.37. The van der Waals surface area contributed by atoms with Crippen LogP contribution in [0.4, 0.5) is 5.69 Å². The van der Waals surface area contributed by atoms with Gasteiger partial charge in [0.1, 0.15) is 0 Å². The first-order chi connectivity index (χ1) is 8.49. The van der Waals surface area contributed by atoms with E-state index < -0.39 is 0 Å². The standard InChI is InChI=1S/C14H23N3S/c1-11(2)12-6-5-7-13(10-12)16-14(18)15-8-9-17(3)4/h5-7,10-11H,8-9H2,1-4H3,(H2,15,16,18)/p+1. The molecule has 4 heteroatoms. The number of benzene rings is 1. The van der Waals surface area contributed by atoms with Crippen LogP contribution in [0.15, 0.2) is 24.3 Å². The Kier molecular flexibility index (Phi) is 6.09. The predicted octanol–water partition coefficient (Wildman–Crippen LogP) is 1.24. The molecule has 100 valence electrons. The lowest BCUT2D eigenvalue weighted by Gasteiger charge is -2.13. The number of rotatable bonds is 5. The third kappa shape index (κ3) is 5.47. The second-order valence-electron chi connectivity index (χ2n) is 5.12. The minimum atomic E-state index is 0.533. The van der Waals surface area contributed by atoms with Gasteiger partial charge in [-0.1, -0.05) is 26.0 Å². The SMILES string of the molecule is CC(C)c1cccc(NC(=S)NCC[NH+](C)C)c1. The van der Waals surface area contributed by atoms with Crippen molar-refractivity contribution >= 4 is 23.0 Å². The van der Waals surface area contributed by atoms with Crippen LogP contribution in [-0.4, -0.2) is 32.3 Å². The fourth-order valence-electron chi connectivity index (χ4n) is 1.58. The highest BCUT2D eigenvalue weighted by atomic mass is 32.1. The van der Waals surface area contributed by atoms with Crippen LogP contribution in [-0.2, 0) is 0 Å². The van der Waals surface area contributed by atoms with Gasteiger partial charge >= 0.3 is 0 Å². The maximum Gasteiger partial charge on any atom is 0.170 e. The van der Waals surface area contributed by atoms with E-state index in [1.165, 1.54) is 10.5 Å². The van der Waals surface area contributed by atoms with E-state index >= 15 is 0 Å². The van der Waals surface area contributed by atoms with E-state index in [9.17, 15) is 0 Å². The number of thiocarbonyl (C=S) groups is 1. The Hall–Kier alpha value is -1.13. The Morgan fingerprint density at radius 3 is 2.67 bits per heavy atom. The highest BCUT2D eigenvalue weighted by molar-refractivity contribution is 7.80. The van der Waals surface area contributed by atoms with Gasteiger partial charge in [0.05, 0.1) is 27.2 Å². The molecule has 1 aromatic carbocycles. The average Bonchev–Trinajstić information content (AvgIpc) is 2.28. The first-order valence-electron chi connectivity index (χ1n) is 6.43. The summed E-state index contributed by atoms with van der Waals surface area (Å²) in [5, 5.41) is 7.12. The van der Waals surface area contributed by atoms with E-state index in [0.717, 1.165) is 18.8 Å². The molecule has 0 aliphatic rings. The molecule has 1 rings (SSSR count). The Labute approximate surface area is 116 Å². The molecule has 0 radical (unpaired) electrons. The second kappa shape index (κ2) is 7.34. The van der Waals surface area contributed by atoms with Crippen LogP contribution in [0.5, 0.6) is 0 Å². The molecule has 0 unspecified atom stereocenters. The first kappa shape index (κ1) is 14.9. The van der Waals surface area contributed by atoms with Gasteiger partial charge in [-0.25, -0.2) is 0 Å². The molecule has 3 N–H and O–H groups in total. The van der Waals surface area contributed by atoms with Gasteiger partial charge in [0.2, 0.25) is 0 Å². The number of hydrogen-bond donors (Lipinski definition) is 3. The lowest BCUT2D eigenvalue weighted by atomic mass is 10.0. The summed E-state index contributed by atoms with van der Waals surface area (Å²) in [4.78, 5) is 1.41. The summed E-state index contributed by atoms with van der Waals surface area (Å²) >= 11 is 5.27. The Balaban J connectivity index is 2.46. The van der Waals surface area contributed by atoms with Gasteiger partial charge in [-0.2, -0.15) is 0 Å². The molecule has 0 heterocycles. The summed E-state index contributed by atoms with van der Waals surface area (Å²) < 4.78 is 0. The Morgan fingerprint density at radius 2 is 2.06 bits per heavy atom. The van der Waals surface area contributed by atoms with E-state index in [1.54, 1.807) is 0 Å². The van der Waals surface area contributed by atoms with Crippen molar-refractivity contribution in [3.8, 4) is 0 Å². The Morgan fingerprint density at radius 1 is 1.33 bits per heavy atom. The van der Waals surface area contributed by atoms with Crippen molar-refractivity contribution in [3.63, 3.8) is 0 Å². The van der Waals surface area contributed by atoms with Crippen LogP contribution >= 0.6 is 12.2 Å². The molecule has 0 aliphatic heterocycles. The number of likely N-dealkylation sites (N-methyl/N-ethyl adjacent to an activating group) is 1. The van der Waals surface area contributed by atoms with Crippen LogP contribution in [0.1, 0.15) is 25.3 Å². The van der Waals surface area contributed by atoms with Crippen molar-refractivity contribution in [2.45, 2.75) is 19.8 Å². The maximum absolute atomic E-state index is 5.27. The van der Waals surface area contributed by atoms with E-state index in [0.29, 0.717) is 11.0 Å². The van der Waals surface area contributed by atoms with E-state index in [-0.39, 0.29) is 0 Å². The van der Waals surface area contributed by atoms with Gasteiger partial charge in [0, 0.05) is 5.69 Å². The highest BCUT2D eigenvalue weighted by Gasteiger charge is 2.02. The maximum atomic E-state index is 5.27. The quantitative estimate of drug-likeness (QED) is 0.700. The molecule has 0 bridgehead atoms. The van der Waals surface area contributed by atoms with Crippen molar-refractivity contribution in [2.24, 2.45) is 0 Å². The largest absolute Gasteiger partial charge is 0.357 e. The summed E-state index contributed by atoms with van der Waals surface area (Å²) in [6.07, 6.45) is 0. The molecule has 0 aromatic heterocycles. The average molecular weight is 266 g/mol. The third-order valence-corrected chi connectivity index (χ3v) is 2.97. The van der Waals surface area contributed by atoms with Crippen molar-refractivity contribution in [3.05, 3.63) is 29.8 Å².